The third-order valence-electron chi connectivity index (χ3n) is 5.40. The van der Waals surface area contributed by atoms with Crippen molar-refractivity contribution in [2.45, 2.75) is 39.0 Å². The zero-order valence-electron chi connectivity index (χ0n) is 22.5. The smallest absolute Gasteiger partial charge is 0.412 e. The molecule has 206 valence electrons. The number of aliphatic hydroxyl groups excluding tert-OH is 1. The summed E-state index contributed by atoms with van der Waals surface area (Å²) in [4.78, 5) is 37.5. The number of rotatable bonds is 9. The molecule has 0 radical (unpaired) electrons. The van der Waals surface area contributed by atoms with Gasteiger partial charge in [0, 0.05) is 17.5 Å². The topological polar surface area (TPSA) is 135 Å². The minimum absolute atomic E-state index is 0.129. The van der Waals surface area contributed by atoms with Gasteiger partial charge in [-0.05, 0) is 68.8 Å². The van der Waals surface area contributed by atoms with Crippen LogP contribution in [0, 0.1) is 0 Å². The first kappa shape index (κ1) is 29.0. The Hall–Kier alpha value is -4.57. The van der Waals surface area contributed by atoms with Crippen LogP contribution in [0.5, 0.6) is 11.5 Å². The lowest BCUT2D eigenvalue weighted by Crippen LogP contribution is -2.36. The van der Waals surface area contributed by atoms with Crippen LogP contribution in [0.4, 0.5) is 16.2 Å². The number of benzene rings is 3. The molecule has 1 atom stereocenters. The third kappa shape index (κ3) is 8.47. The van der Waals surface area contributed by atoms with Crippen molar-refractivity contribution >= 4 is 29.3 Å². The average Bonchev–Trinajstić information content (AvgIpc) is 2.88. The van der Waals surface area contributed by atoms with Gasteiger partial charge >= 0.3 is 6.09 Å². The Balaban J connectivity index is 1.59. The monoisotopic (exact) mass is 535 g/mol. The lowest BCUT2D eigenvalue weighted by Gasteiger charge is -2.20. The molecular formula is C29H33N3O7. The summed E-state index contributed by atoms with van der Waals surface area (Å²) in [6, 6.07) is 18.1. The number of para-hydroxylation sites is 2. The van der Waals surface area contributed by atoms with Crippen LogP contribution < -0.4 is 25.4 Å². The second-order valence-corrected chi connectivity index (χ2v) is 9.59. The molecule has 3 aromatic carbocycles. The SMILES string of the molecule is COc1ccc(C(=O)NC(O)Cc2ccc(C(=O)Nc3ccccc3NC(=O)OC(C)(C)C)cc2)cc1OC. The van der Waals surface area contributed by atoms with Crippen LogP contribution in [0.2, 0.25) is 0 Å². The zero-order valence-corrected chi connectivity index (χ0v) is 22.5. The fraction of sp³-hybridized carbons (Fsp3) is 0.276. The summed E-state index contributed by atoms with van der Waals surface area (Å²) < 4.78 is 15.7. The molecule has 0 saturated carbocycles. The molecule has 0 spiro atoms. The molecule has 10 nitrogen and oxygen atoms in total. The van der Waals surface area contributed by atoms with Gasteiger partial charge < -0.3 is 30.0 Å². The largest absolute Gasteiger partial charge is 0.493 e. The summed E-state index contributed by atoms with van der Waals surface area (Å²) >= 11 is 0. The quantitative estimate of drug-likeness (QED) is 0.294. The maximum absolute atomic E-state index is 12.8. The first-order valence-corrected chi connectivity index (χ1v) is 12.2. The van der Waals surface area contributed by atoms with E-state index in [1.807, 2.05) is 0 Å². The number of aliphatic hydroxyl groups is 1. The fourth-order valence-electron chi connectivity index (χ4n) is 3.59. The molecule has 0 aliphatic rings. The van der Waals surface area contributed by atoms with E-state index in [-0.39, 0.29) is 12.3 Å². The molecule has 0 saturated heterocycles. The molecule has 3 aromatic rings. The molecule has 0 bridgehead atoms. The average molecular weight is 536 g/mol. The van der Waals surface area contributed by atoms with Crippen molar-refractivity contribution in [3.05, 3.63) is 83.4 Å². The Labute approximate surface area is 227 Å². The van der Waals surface area contributed by atoms with Crippen molar-refractivity contribution in [2.75, 3.05) is 24.9 Å². The van der Waals surface area contributed by atoms with E-state index < -0.39 is 23.8 Å². The first-order valence-electron chi connectivity index (χ1n) is 12.2. The fourth-order valence-corrected chi connectivity index (χ4v) is 3.59. The number of hydrogen-bond acceptors (Lipinski definition) is 7. The number of methoxy groups -OCH3 is 2. The first-order chi connectivity index (χ1) is 18.5. The number of anilines is 2. The molecule has 0 heterocycles. The molecule has 1 unspecified atom stereocenters. The lowest BCUT2D eigenvalue weighted by atomic mass is 10.1. The normalized spacial score (nSPS) is 11.6. The van der Waals surface area contributed by atoms with E-state index in [2.05, 4.69) is 16.0 Å². The summed E-state index contributed by atoms with van der Waals surface area (Å²) in [7, 11) is 2.97. The van der Waals surface area contributed by atoms with Crippen LogP contribution >= 0.6 is 0 Å². The molecule has 3 rings (SSSR count). The van der Waals surface area contributed by atoms with Crippen LogP contribution in [0.3, 0.4) is 0 Å². The summed E-state index contributed by atoms with van der Waals surface area (Å²) in [5.74, 6) is 0.0265. The molecule has 39 heavy (non-hydrogen) atoms. The van der Waals surface area contributed by atoms with E-state index in [9.17, 15) is 19.5 Å². The maximum Gasteiger partial charge on any atom is 0.412 e. The standard InChI is InChI=1S/C29H33N3O7/c1-29(2,3)39-28(36)31-22-9-7-6-8-21(22)30-26(34)19-12-10-18(11-13-19)16-25(33)32-27(35)20-14-15-23(37-4)24(17-20)38-5/h6-15,17,25,33H,16H2,1-5H3,(H,30,34)(H,31,36)(H,32,35). The Bertz CT molecular complexity index is 1320. The minimum atomic E-state index is -1.16. The van der Waals surface area contributed by atoms with E-state index >= 15 is 0 Å². The highest BCUT2D eigenvalue weighted by atomic mass is 16.6. The zero-order chi connectivity index (χ0) is 28.6. The van der Waals surface area contributed by atoms with Crippen molar-refractivity contribution in [1.82, 2.24) is 5.32 Å². The van der Waals surface area contributed by atoms with Gasteiger partial charge in [-0.2, -0.15) is 0 Å². The molecule has 0 fully saturated rings. The molecule has 4 N–H and O–H groups in total. The predicted octanol–water partition coefficient (Wildman–Crippen LogP) is 4.59. The molecule has 10 heteroatoms. The number of amides is 3. The van der Waals surface area contributed by atoms with Gasteiger partial charge in [-0.3, -0.25) is 14.9 Å². The predicted molar refractivity (Wildman–Crippen MR) is 147 cm³/mol. The summed E-state index contributed by atoms with van der Waals surface area (Å²) in [5.41, 5.74) is 1.52. The number of carbonyl (C=O) groups is 3. The number of ether oxygens (including phenoxy) is 3. The Morgan fingerprint density at radius 1 is 0.795 bits per heavy atom. The van der Waals surface area contributed by atoms with Crippen molar-refractivity contribution in [3.63, 3.8) is 0 Å². The van der Waals surface area contributed by atoms with E-state index in [1.165, 1.54) is 20.3 Å². The van der Waals surface area contributed by atoms with Gasteiger partial charge in [-0.15, -0.1) is 0 Å². The van der Waals surface area contributed by atoms with Gasteiger partial charge in [-0.1, -0.05) is 24.3 Å². The minimum Gasteiger partial charge on any atom is -0.493 e. The van der Waals surface area contributed by atoms with Gasteiger partial charge in [0.2, 0.25) is 0 Å². The second kappa shape index (κ2) is 12.8. The van der Waals surface area contributed by atoms with Gasteiger partial charge in [0.15, 0.2) is 11.5 Å². The van der Waals surface area contributed by atoms with Crippen LogP contribution in [0.15, 0.2) is 66.7 Å². The van der Waals surface area contributed by atoms with Crippen molar-refractivity contribution in [3.8, 4) is 11.5 Å². The maximum atomic E-state index is 12.8. The Kier molecular flexibility index (Phi) is 9.51. The summed E-state index contributed by atoms with van der Waals surface area (Å²) in [6.07, 6.45) is -1.66. The van der Waals surface area contributed by atoms with Crippen LogP contribution in [-0.4, -0.2) is 49.1 Å². The molecule has 0 aliphatic carbocycles. The summed E-state index contributed by atoms with van der Waals surface area (Å²) in [5, 5.41) is 18.4. The van der Waals surface area contributed by atoms with E-state index in [0.717, 1.165) is 0 Å². The Morgan fingerprint density at radius 3 is 1.97 bits per heavy atom. The second-order valence-electron chi connectivity index (χ2n) is 9.59. The van der Waals surface area contributed by atoms with E-state index in [1.54, 1.807) is 81.4 Å². The summed E-state index contributed by atoms with van der Waals surface area (Å²) in [6.45, 7) is 5.28. The van der Waals surface area contributed by atoms with Crippen molar-refractivity contribution < 1.29 is 33.7 Å². The number of carbonyl (C=O) groups excluding carboxylic acids is 3. The van der Waals surface area contributed by atoms with Crippen LogP contribution in [0.25, 0.3) is 0 Å². The highest BCUT2D eigenvalue weighted by Gasteiger charge is 2.18. The number of nitrogens with one attached hydrogen (secondary N) is 3. The third-order valence-corrected chi connectivity index (χ3v) is 5.40. The highest BCUT2D eigenvalue weighted by molar-refractivity contribution is 6.06. The van der Waals surface area contributed by atoms with Gasteiger partial charge in [0.25, 0.3) is 11.8 Å². The van der Waals surface area contributed by atoms with E-state index in [0.29, 0.717) is 39.6 Å². The molecule has 0 aromatic heterocycles. The number of hydrogen-bond donors (Lipinski definition) is 4. The molecular weight excluding hydrogens is 502 g/mol. The van der Waals surface area contributed by atoms with Gasteiger partial charge in [-0.25, -0.2) is 4.79 Å². The van der Waals surface area contributed by atoms with Gasteiger partial charge in [0.05, 0.1) is 25.6 Å². The van der Waals surface area contributed by atoms with E-state index in [4.69, 9.17) is 14.2 Å². The van der Waals surface area contributed by atoms with Crippen LogP contribution in [0.1, 0.15) is 47.1 Å². The Morgan fingerprint density at radius 2 is 1.38 bits per heavy atom. The van der Waals surface area contributed by atoms with Crippen molar-refractivity contribution in [2.24, 2.45) is 0 Å². The highest BCUT2D eigenvalue weighted by Crippen LogP contribution is 2.27. The molecule has 3 amide bonds. The van der Waals surface area contributed by atoms with Gasteiger partial charge in [0.1, 0.15) is 11.8 Å². The van der Waals surface area contributed by atoms with Crippen LogP contribution in [-0.2, 0) is 11.2 Å². The van der Waals surface area contributed by atoms with Crippen molar-refractivity contribution in [1.29, 1.82) is 0 Å². The lowest BCUT2D eigenvalue weighted by molar-refractivity contribution is 0.0634. The molecule has 0 aliphatic heterocycles.